The molecule has 0 aliphatic rings. The zero-order valence-electron chi connectivity index (χ0n) is 12.6. The third kappa shape index (κ3) is 4.89. The molecule has 0 saturated carbocycles. The number of carbonyl (C=O) groups excluding carboxylic acids is 1. The number of hydrogen-bond donors (Lipinski definition) is 1. The van der Waals surface area contributed by atoms with Gasteiger partial charge in [0, 0.05) is 6.07 Å². The van der Waals surface area contributed by atoms with E-state index in [1.165, 1.54) is 12.3 Å². The van der Waals surface area contributed by atoms with E-state index in [4.69, 9.17) is 4.74 Å². The molecular formula is C15H15N3O4S. The number of nitrogens with zero attached hydrogens (tertiary/aromatic N) is 2. The van der Waals surface area contributed by atoms with Gasteiger partial charge in [-0.2, -0.15) is 5.10 Å². The Hall–Kier alpha value is -2.74. The quantitative estimate of drug-likeness (QED) is 0.499. The molecule has 1 heterocycles. The smallest absolute Gasteiger partial charge is 0.324 e. The Morgan fingerprint density at radius 1 is 1.35 bits per heavy atom. The molecule has 1 N–H and O–H groups in total. The molecule has 0 atom stereocenters. The third-order valence-corrected chi connectivity index (χ3v) is 3.99. The first kappa shape index (κ1) is 16.6. The molecule has 0 fully saturated rings. The van der Waals surface area contributed by atoms with Crippen LogP contribution in [0.2, 0.25) is 0 Å². The number of nitro groups is 1. The van der Waals surface area contributed by atoms with Crippen LogP contribution in [0.5, 0.6) is 5.75 Å². The largest absolute Gasteiger partial charge is 0.484 e. The second-order valence-corrected chi connectivity index (χ2v) is 5.85. The van der Waals surface area contributed by atoms with Crippen LogP contribution >= 0.6 is 11.3 Å². The maximum atomic E-state index is 11.6. The van der Waals surface area contributed by atoms with E-state index in [2.05, 4.69) is 10.5 Å². The maximum absolute atomic E-state index is 11.6. The summed E-state index contributed by atoms with van der Waals surface area (Å²) in [5, 5.41) is 14.3. The molecule has 7 nitrogen and oxygen atoms in total. The normalized spacial score (nSPS) is 10.7. The first-order valence-corrected chi connectivity index (χ1v) is 7.53. The van der Waals surface area contributed by atoms with Crippen molar-refractivity contribution in [2.24, 2.45) is 5.10 Å². The summed E-state index contributed by atoms with van der Waals surface area (Å²) in [6, 6.07) is 8.52. The lowest BCUT2D eigenvalue weighted by atomic mass is 10.1. The predicted molar refractivity (Wildman–Crippen MR) is 88.1 cm³/mol. The van der Waals surface area contributed by atoms with Crippen molar-refractivity contribution in [3.63, 3.8) is 0 Å². The van der Waals surface area contributed by atoms with Gasteiger partial charge in [0.15, 0.2) is 6.61 Å². The molecule has 0 radical (unpaired) electrons. The number of hydrazone groups is 1. The van der Waals surface area contributed by atoms with Gasteiger partial charge in [0.05, 0.1) is 16.0 Å². The minimum atomic E-state index is -0.474. The first-order chi connectivity index (χ1) is 11.0. The van der Waals surface area contributed by atoms with Crippen molar-refractivity contribution >= 4 is 28.5 Å². The van der Waals surface area contributed by atoms with Gasteiger partial charge in [-0.1, -0.05) is 17.4 Å². The number of aryl methyl sites for hydroxylation is 2. The van der Waals surface area contributed by atoms with Crippen molar-refractivity contribution in [2.75, 3.05) is 6.61 Å². The third-order valence-electron chi connectivity index (χ3n) is 3.02. The van der Waals surface area contributed by atoms with Gasteiger partial charge in [-0.25, -0.2) is 5.43 Å². The molecule has 2 aromatic rings. The zero-order valence-corrected chi connectivity index (χ0v) is 13.4. The summed E-state index contributed by atoms with van der Waals surface area (Å²) in [7, 11) is 0. The maximum Gasteiger partial charge on any atom is 0.324 e. The minimum Gasteiger partial charge on any atom is -0.484 e. The van der Waals surface area contributed by atoms with Crippen LogP contribution in [0.25, 0.3) is 0 Å². The molecule has 0 aliphatic carbocycles. The Morgan fingerprint density at radius 3 is 2.78 bits per heavy atom. The average Bonchev–Trinajstić information content (AvgIpc) is 2.97. The molecule has 1 amide bonds. The Labute approximate surface area is 136 Å². The van der Waals surface area contributed by atoms with E-state index < -0.39 is 10.8 Å². The molecule has 0 saturated heterocycles. The van der Waals surface area contributed by atoms with Crippen LogP contribution in [0.15, 0.2) is 35.4 Å². The molecule has 120 valence electrons. The van der Waals surface area contributed by atoms with Crippen LogP contribution in [-0.4, -0.2) is 23.7 Å². The topological polar surface area (TPSA) is 93.8 Å². The Morgan fingerprint density at radius 2 is 2.13 bits per heavy atom. The molecular weight excluding hydrogens is 318 g/mol. The molecule has 1 aromatic carbocycles. The highest BCUT2D eigenvalue weighted by atomic mass is 32.1. The fraction of sp³-hybridized carbons (Fsp3) is 0.200. The summed E-state index contributed by atoms with van der Waals surface area (Å²) < 4.78 is 5.37. The number of hydrogen-bond acceptors (Lipinski definition) is 6. The van der Waals surface area contributed by atoms with Gasteiger partial charge in [-0.05, 0) is 43.2 Å². The fourth-order valence-electron chi connectivity index (χ4n) is 1.66. The van der Waals surface area contributed by atoms with Gasteiger partial charge >= 0.3 is 5.00 Å². The van der Waals surface area contributed by atoms with E-state index in [9.17, 15) is 14.9 Å². The number of benzene rings is 1. The van der Waals surface area contributed by atoms with Gasteiger partial charge in [-0.15, -0.1) is 0 Å². The van der Waals surface area contributed by atoms with Crippen LogP contribution in [-0.2, 0) is 4.79 Å². The van der Waals surface area contributed by atoms with E-state index >= 15 is 0 Å². The summed E-state index contributed by atoms with van der Waals surface area (Å²) in [5.74, 6) is 0.201. The standard InChI is InChI=1S/C15H15N3O4S/c1-10-3-4-12(7-11(10)2)22-9-14(19)17-16-8-13-5-6-15(23-13)18(20)21/h3-8H,9H2,1-2H3,(H,17,19). The van der Waals surface area contributed by atoms with Gasteiger partial charge in [0.25, 0.3) is 5.91 Å². The van der Waals surface area contributed by atoms with Crippen LogP contribution in [0.3, 0.4) is 0 Å². The van der Waals surface area contributed by atoms with E-state index in [1.807, 2.05) is 26.0 Å². The molecule has 0 aliphatic heterocycles. The molecule has 2 rings (SSSR count). The number of thiophene rings is 1. The summed E-state index contributed by atoms with van der Waals surface area (Å²) in [5.41, 5.74) is 4.54. The Balaban J connectivity index is 1.81. The highest BCUT2D eigenvalue weighted by molar-refractivity contribution is 7.16. The molecule has 0 unspecified atom stereocenters. The predicted octanol–water partition coefficient (Wildman–Crippen LogP) is 2.80. The first-order valence-electron chi connectivity index (χ1n) is 6.72. The molecule has 1 aromatic heterocycles. The second-order valence-electron chi connectivity index (χ2n) is 4.76. The molecule has 8 heteroatoms. The second kappa shape index (κ2) is 7.50. The number of amides is 1. The number of ether oxygens (including phenoxy) is 1. The van der Waals surface area contributed by atoms with Crippen molar-refractivity contribution in [1.82, 2.24) is 5.43 Å². The Bertz CT molecular complexity index is 755. The lowest BCUT2D eigenvalue weighted by Gasteiger charge is -2.07. The average molecular weight is 333 g/mol. The number of rotatable bonds is 6. The van der Waals surface area contributed by atoms with E-state index in [1.54, 1.807) is 12.1 Å². The minimum absolute atomic E-state index is 0.0239. The molecule has 0 bridgehead atoms. The Kier molecular flexibility index (Phi) is 5.42. The summed E-state index contributed by atoms with van der Waals surface area (Å²) in [4.78, 5) is 22.3. The molecule has 0 spiro atoms. The van der Waals surface area contributed by atoms with Gasteiger partial charge in [0.2, 0.25) is 0 Å². The highest BCUT2D eigenvalue weighted by Crippen LogP contribution is 2.22. The van der Waals surface area contributed by atoms with Crippen molar-refractivity contribution < 1.29 is 14.5 Å². The summed E-state index contributed by atoms with van der Waals surface area (Å²) in [6.07, 6.45) is 1.35. The van der Waals surface area contributed by atoms with Gasteiger partial charge in [0.1, 0.15) is 5.75 Å². The number of carbonyl (C=O) groups is 1. The molecule has 23 heavy (non-hydrogen) atoms. The van der Waals surface area contributed by atoms with Crippen molar-refractivity contribution in [1.29, 1.82) is 0 Å². The SMILES string of the molecule is Cc1ccc(OCC(=O)NN=Cc2ccc([N+](=O)[O-])s2)cc1C. The monoisotopic (exact) mass is 333 g/mol. The van der Waals surface area contributed by atoms with Crippen molar-refractivity contribution in [3.05, 3.63) is 56.5 Å². The van der Waals surface area contributed by atoms with E-state index in [-0.39, 0.29) is 11.6 Å². The van der Waals surface area contributed by atoms with Crippen LogP contribution < -0.4 is 10.2 Å². The van der Waals surface area contributed by atoms with Crippen LogP contribution in [0, 0.1) is 24.0 Å². The summed E-state index contributed by atoms with van der Waals surface area (Å²) in [6.45, 7) is 3.80. The van der Waals surface area contributed by atoms with Gasteiger partial charge < -0.3 is 4.74 Å². The van der Waals surface area contributed by atoms with Crippen LogP contribution in [0.1, 0.15) is 16.0 Å². The van der Waals surface area contributed by atoms with E-state index in [0.29, 0.717) is 10.6 Å². The summed E-state index contributed by atoms with van der Waals surface area (Å²) >= 11 is 0.975. The van der Waals surface area contributed by atoms with Crippen LogP contribution in [0.4, 0.5) is 5.00 Å². The van der Waals surface area contributed by atoms with Crippen molar-refractivity contribution in [2.45, 2.75) is 13.8 Å². The zero-order chi connectivity index (χ0) is 16.8. The van der Waals surface area contributed by atoms with Crippen molar-refractivity contribution in [3.8, 4) is 5.75 Å². The van der Waals surface area contributed by atoms with E-state index in [0.717, 1.165) is 22.5 Å². The lowest BCUT2D eigenvalue weighted by molar-refractivity contribution is -0.380. The fourth-order valence-corrected chi connectivity index (χ4v) is 2.36. The van der Waals surface area contributed by atoms with Gasteiger partial charge in [-0.3, -0.25) is 14.9 Å². The lowest BCUT2D eigenvalue weighted by Crippen LogP contribution is -2.24. The highest BCUT2D eigenvalue weighted by Gasteiger charge is 2.08. The number of nitrogens with one attached hydrogen (secondary N) is 1.